The van der Waals surface area contributed by atoms with Crippen molar-refractivity contribution in [1.82, 2.24) is 14.6 Å². The normalized spacial score (nSPS) is 12.1. The van der Waals surface area contributed by atoms with E-state index < -0.39 is 43.7 Å². The summed E-state index contributed by atoms with van der Waals surface area (Å²) in [5, 5.41) is 20.4. The highest BCUT2D eigenvalue weighted by atomic mass is 32.2. The number of nitro benzene ring substituents is 1. The molecule has 0 atom stereocenters. The van der Waals surface area contributed by atoms with E-state index in [0.29, 0.717) is 12.1 Å². The number of sulfone groups is 1. The third kappa shape index (κ3) is 3.94. The smallest absolute Gasteiger partial charge is 0.320 e. The predicted molar refractivity (Wildman–Crippen MR) is 96.8 cm³/mol. The molecule has 0 aliphatic rings. The first-order valence-corrected chi connectivity index (χ1v) is 9.84. The summed E-state index contributed by atoms with van der Waals surface area (Å²) in [6, 6.07) is 4.19. The molecule has 14 heteroatoms. The van der Waals surface area contributed by atoms with Gasteiger partial charge in [-0.05, 0) is 24.3 Å². The van der Waals surface area contributed by atoms with Crippen LogP contribution in [0.4, 0.5) is 24.5 Å². The van der Waals surface area contributed by atoms with Gasteiger partial charge in [0.1, 0.15) is 5.56 Å². The average Bonchev–Trinajstić information content (AvgIpc) is 3.10. The summed E-state index contributed by atoms with van der Waals surface area (Å²) in [4.78, 5) is 22.5. The Morgan fingerprint density at radius 3 is 2.53 bits per heavy atom. The summed E-state index contributed by atoms with van der Waals surface area (Å²) in [6.45, 7) is 1.41. The Labute approximate surface area is 166 Å². The fraction of sp³-hybridized carbons (Fsp3) is 0.188. The van der Waals surface area contributed by atoms with E-state index in [1.165, 1.54) is 25.3 Å². The number of aromatic nitrogens is 3. The molecule has 0 aliphatic heterocycles. The van der Waals surface area contributed by atoms with E-state index >= 15 is 0 Å². The molecule has 2 aromatic heterocycles. The van der Waals surface area contributed by atoms with Gasteiger partial charge in [0, 0.05) is 12.3 Å². The lowest BCUT2D eigenvalue weighted by atomic mass is 10.1. The summed E-state index contributed by atoms with van der Waals surface area (Å²) in [7, 11) is -3.73. The highest BCUT2D eigenvalue weighted by Gasteiger charge is 2.34. The van der Waals surface area contributed by atoms with Crippen molar-refractivity contribution in [3.63, 3.8) is 0 Å². The van der Waals surface area contributed by atoms with Crippen molar-refractivity contribution in [2.45, 2.75) is 18.3 Å². The average molecular weight is 443 g/mol. The number of pyridine rings is 1. The zero-order chi connectivity index (χ0) is 22.3. The minimum atomic E-state index is -4.82. The van der Waals surface area contributed by atoms with Gasteiger partial charge in [0.05, 0.1) is 21.9 Å². The second-order valence-electron chi connectivity index (χ2n) is 5.97. The number of nitrogens with one attached hydrogen (secondary N) is 1. The van der Waals surface area contributed by atoms with E-state index in [4.69, 9.17) is 0 Å². The number of nitrogens with zero attached hydrogens (tertiary/aromatic N) is 4. The number of carbonyl (C=O) groups is 1. The summed E-state index contributed by atoms with van der Waals surface area (Å²) in [6.07, 6.45) is -3.63. The standard InChI is InChI=1S/C16H12F3N5O5S/c1-2-30(28,29)15-22-21-13-6-4-10(8-23(13)15)20-14(25)11-5-3-9(16(17,18)19)7-12(11)24(26)27/h3-8H,2H2,1H3,(H,20,25). The summed E-state index contributed by atoms with van der Waals surface area (Å²) in [5.74, 6) is -1.30. The Balaban J connectivity index is 1.99. The molecule has 1 N–H and O–H groups in total. The Bertz CT molecular complexity index is 1270. The first-order valence-electron chi connectivity index (χ1n) is 8.18. The lowest BCUT2D eigenvalue weighted by Crippen LogP contribution is -2.16. The van der Waals surface area contributed by atoms with Crippen LogP contribution in [0.15, 0.2) is 41.7 Å². The number of rotatable bonds is 5. The molecule has 0 saturated carbocycles. The molecular formula is C16H12F3N5O5S. The number of amides is 1. The van der Waals surface area contributed by atoms with E-state index in [-0.39, 0.29) is 28.3 Å². The Kier molecular flexibility index (Phi) is 5.20. The molecule has 0 saturated heterocycles. The Hall–Kier alpha value is -3.55. The number of carbonyl (C=O) groups excluding carboxylic acids is 1. The van der Waals surface area contributed by atoms with Crippen LogP contribution in [0.2, 0.25) is 0 Å². The first-order chi connectivity index (χ1) is 13.9. The second kappa shape index (κ2) is 7.37. The van der Waals surface area contributed by atoms with Crippen LogP contribution in [0.1, 0.15) is 22.8 Å². The number of halogens is 3. The molecule has 1 aromatic carbocycles. The number of fused-ring (bicyclic) bond motifs is 1. The van der Waals surface area contributed by atoms with Gasteiger partial charge in [-0.1, -0.05) is 6.92 Å². The van der Waals surface area contributed by atoms with Crippen molar-refractivity contribution in [3.05, 3.63) is 57.8 Å². The van der Waals surface area contributed by atoms with Crippen LogP contribution in [0.25, 0.3) is 5.65 Å². The van der Waals surface area contributed by atoms with Crippen molar-refractivity contribution in [2.75, 3.05) is 11.1 Å². The van der Waals surface area contributed by atoms with Crippen LogP contribution >= 0.6 is 0 Å². The zero-order valence-corrected chi connectivity index (χ0v) is 15.9. The Morgan fingerprint density at radius 1 is 1.23 bits per heavy atom. The Morgan fingerprint density at radius 2 is 1.93 bits per heavy atom. The largest absolute Gasteiger partial charge is 0.416 e. The van der Waals surface area contributed by atoms with E-state index in [1.54, 1.807) is 0 Å². The number of benzene rings is 1. The maximum absolute atomic E-state index is 12.8. The molecule has 1 amide bonds. The highest BCUT2D eigenvalue weighted by Crippen LogP contribution is 2.33. The molecule has 10 nitrogen and oxygen atoms in total. The molecule has 0 unspecified atom stereocenters. The van der Waals surface area contributed by atoms with Gasteiger partial charge >= 0.3 is 6.18 Å². The van der Waals surface area contributed by atoms with Crippen LogP contribution in [0.3, 0.4) is 0 Å². The predicted octanol–water partition coefficient (Wildman–Crippen LogP) is 2.70. The summed E-state index contributed by atoms with van der Waals surface area (Å²) < 4.78 is 63.7. The number of anilines is 1. The molecule has 2 heterocycles. The van der Waals surface area contributed by atoms with Crippen molar-refractivity contribution in [2.24, 2.45) is 0 Å². The lowest BCUT2D eigenvalue weighted by molar-refractivity contribution is -0.385. The molecule has 0 bridgehead atoms. The number of alkyl halides is 3. The monoisotopic (exact) mass is 443 g/mol. The van der Waals surface area contributed by atoms with Crippen molar-refractivity contribution < 1.29 is 31.3 Å². The fourth-order valence-electron chi connectivity index (χ4n) is 2.53. The second-order valence-corrected chi connectivity index (χ2v) is 8.14. The topological polar surface area (TPSA) is 137 Å². The lowest BCUT2D eigenvalue weighted by Gasteiger charge is -2.10. The van der Waals surface area contributed by atoms with Crippen LogP contribution in [-0.2, 0) is 16.0 Å². The van der Waals surface area contributed by atoms with E-state index in [0.717, 1.165) is 4.40 Å². The molecule has 0 aliphatic carbocycles. The molecule has 0 fully saturated rings. The minimum Gasteiger partial charge on any atom is -0.320 e. The van der Waals surface area contributed by atoms with E-state index in [9.17, 15) is 36.5 Å². The van der Waals surface area contributed by atoms with Gasteiger partial charge in [0.25, 0.3) is 16.8 Å². The molecule has 0 spiro atoms. The van der Waals surface area contributed by atoms with Gasteiger partial charge in [0.15, 0.2) is 5.65 Å². The molecule has 158 valence electrons. The van der Waals surface area contributed by atoms with Gasteiger partial charge in [-0.3, -0.25) is 19.3 Å². The molecule has 3 rings (SSSR count). The van der Waals surface area contributed by atoms with Crippen LogP contribution in [0, 0.1) is 10.1 Å². The molecule has 30 heavy (non-hydrogen) atoms. The minimum absolute atomic E-state index is 0.0223. The van der Waals surface area contributed by atoms with Gasteiger partial charge in [-0.15, -0.1) is 10.2 Å². The van der Waals surface area contributed by atoms with E-state index in [2.05, 4.69) is 15.5 Å². The SMILES string of the molecule is CCS(=O)(=O)c1nnc2ccc(NC(=O)c3ccc(C(F)(F)F)cc3[N+](=O)[O-])cn12. The third-order valence-corrected chi connectivity index (χ3v) is 5.65. The summed E-state index contributed by atoms with van der Waals surface area (Å²) in [5.41, 5.74) is -2.71. The molecular weight excluding hydrogens is 431 g/mol. The zero-order valence-electron chi connectivity index (χ0n) is 15.0. The first kappa shape index (κ1) is 21.2. The number of hydrogen-bond donors (Lipinski definition) is 1. The van der Waals surface area contributed by atoms with Crippen LogP contribution in [-0.4, -0.2) is 39.6 Å². The van der Waals surface area contributed by atoms with E-state index in [1.807, 2.05) is 0 Å². The number of hydrogen-bond acceptors (Lipinski definition) is 7. The van der Waals surface area contributed by atoms with Crippen LogP contribution in [0.5, 0.6) is 0 Å². The van der Waals surface area contributed by atoms with Gasteiger partial charge in [0.2, 0.25) is 9.84 Å². The highest BCUT2D eigenvalue weighted by molar-refractivity contribution is 7.91. The molecule has 0 radical (unpaired) electrons. The van der Waals surface area contributed by atoms with Gasteiger partial charge < -0.3 is 5.32 Å². The fourth-order valence-corrected chi connectivity index (χ4v) is 3.40. The maximum Gasteiger partial charge on any atom is 0.416 e. The van der Waals surface area contributed by atoms with Crippen molar-refractivity contribution in [3.8, 4) is 0 Å². The maximum atomic E-state index is 12.8. The number of nitro groups is 1. The summed E-state index contributed by atoms with van der Waals surface area (Å²) >= 11 is 0. The van der Waals surface area contributed by atoms with Crippen molar-refractivity contribution in [1.29, 1.82) is 0 Å². The van der Waals surface area contributed by atoms with Gasteiger partial charge in [-0.25, -0.2) is 8.42 Å². The third-order valence-electron chi connectivity index (χ3n) is 4.05. The van der Waals surface area contributed by atoms with Crippen LogP contribution < -0.4 is 5.32 Å². The molecule has 3 aromatic rings. The van der Waals surface area contributed by atoms with Crippen molar-refractivity contribution >= 4 is 32.8 Å². The quantitative estimate of drug-likeness (QED) is 0.473. The van der Waals surface area contributed by atoms with Gasteiger partial charge in [-0.2, -0.15) is 13.2 Å².